The first-order valence-corrected chi connectivity index (χ1v) is 7.62. The van der Waals surface area contributed by atoms with E-state index in [-0.39, 0.29) is 5.28 Å². The second-order valence-electron chi connectivity index (χ2n) is 4.09. The largest absolute Gasteiger partial charge is 0.339 e. The molecule has 3 rings (SSSR count). The third-order valence-electron chi connectivity index (χ3n) is 2.67. The van der Waals surface area contributed by atoms with Crippen LogP contribution in [0.5, 0.6) is 0 Å². The van der Waals surface area contributed by atoms with Crippen molar-refractivity contribution in [1.29, 1.82) is 0 Å². The molecule has 2 heterocycles. The average Bonchev–Trinajstić information content (AvgIpc) is 2.82. The van der Waals surface area contributed by atoms with Crippen molar-refractivity contribution in [3.8, 4) is 0 Å². The molecule has 1 aromatic carbocycles. The summed E-state index contributed by atoms with van der Waals surface area (Å²) in [5.74, 6) is 0.725. The predicted octanol–water partition coefficient (Wildman–Crippen LogP) is 5.16. The number of anilines is 2. The van der Waals surface area contributed by atoms with Crippen LogP contribution in [0.2, 0.25) is 5.28 Å². The number of nitrogens with one attached hydrogen (secondary N) is 1. The Kier molecular flexibility index (Phi) is 3.43. The quantitative estimate of drug-likeness (QED) is 0.646. The van der Waals surface area contributed by atoms with Gasteiger partial charge in [-0.05, 0) is 63.6 Å². The smallest absolute Gasteiger partial charge is 0.225 e. The Bertz CT molecular complexity index is 757. The summed E-state index contributed by atoms with van der Waals surface area (Å²) in [6.07, 6.45) is 0. The van der Waals surface area contributed by atoms with Gasteiger partial charge in [0.2, 0.25) is 5.28 Å². The minimum atomic E-state index is 0.251. The lowest BCUT2D eigenvalue weighted by molar-refractivity contribution is 1.23. The molecule has 0 bridgehead atoms. The Balaban J connectivity index is 2.10. The topological polar surface area (TPSA) is 37.8 Å². The zero-order chi connectivity index (χ0) is 13.4. The molecule has 96 valence electrons. The normalized spacial score (nSPS) is 10.9. The molecule has 0 aliphatic heterocycles. The Morgan fingerprint density at radius 3 is 2.95 bits per heavy atom. The number of benzene rings is 1. The summed E-state index contributed by atoms with van der Waals surface area (Å²) in [6, 6.07) is 8.09. The van der Waals surface area contributed by atoms with E-state index in [4.69, 9.17) is 11.6 Å². The first-order chi connectivity index (χ1) is 9.13. The van der Waals surface area contributed by atoms with E-state index in [9.17, 15) is 0 Å². The van der Waals surface area contributed by atoms with Crippen molar-refractivity contribution < 1.29 is 0 Å². The van der Waals surface area contributed by atoms with Gasteiger partial charge in [-0.15, -0.1) is 11.3 Å². The fraction of sp³-hybridized carbons (Fsp3) is 0.0769. The molecule has 3 nitrogen and oxygen atoms in total. The zero-order valence-corrected chi connectivity index (χ0v) is 13.1. The molecule has 2 aromatic heterocycles. The van der Waals surface area contributed by atoms with Crippen LogP contribution >= 0.6 is 38.9 Å². The lowest BCUT2D eigenvalue weighted by Gasteiger charge is -2.09. The number of fused-ring (bicyclic) bond motifs is 1. The van der Waals surface area contributed by atoms with E-state index in [0.29, 0.717) is 0 Å². The molecule has 3 aromatic rings. The number of aryl methyl sites for hydroxylation is 1. The van der Waals surface area contributed by atoms with Crippen molar-refractivity contribution in [2.75, 3.05) is 5.32 Å². The Morgan fingerprint density at radius 2 is 2.11 bits per heavy atom. The van der Waals surface area contributed by atoms with Crippen molar-refractivity contribution in [2.24, 2.45) is 0 Å². The lowest BCUT2D eigenvalue weighted by atomic mass is 10.2. The molecular formula is C13H9BrClN3S. The van der Waals surface area contributed by atoms with E-state index >= 15 is 0 Å². The van der Waals surface area contributed by atoms with Crippen LogP contribution in [-0.2, 0) is 0 Å². The van der Waals surface area contributed by atoms with E-state index in [0.717, 1.165) is 26.2 Å². The van der Waals surface area contributed by atoms with Gasteiger partial charge in [0.25, 0.3) is 0 Å². The standard InChI is InChI=1S/C13H9BrClN3S/c1-7-2-3-9(14)10(6-7)16-11-8-4-5-19-12(8)18-13(15)17-11/h2-6H,1H3,(H,16,17,18). The van der Waals surface area contributed by atoms with Gasteiger partial charge in [0.1, 0.15) is 10.6 Å². The summed E-state index contributed by atoms with van der Waals surface area (Å²) >= 11 is 11.0. The summed E-state index contributed by atoms with van der Waals surface area (Å²) in [6.45, 7) is 2.05. The molecule has 0 unspecified atom stereocenters. The van der Waals surface area contributed by atoms with Crippen LogP contribution in [0.3, 0.4) is 0 Å². The van der Waals surface area contributed by atoms with Crippen molar-refractivity contribution in [1.82, 2.24) is 9.97 Å². The Morgan fingerprint density at radius 1 is 1.26 bits per heavy atom. The van der Waals surface area contributed by atoms with Crippen molar-refractivity contribution >= 4 is 60.6 Å². The van der Waals surface area contributed by atoms with Crippen LogP contribution in [-0.4, -0.2) is 9.97 Å². The van der Waals surface area contributed by atoms with Gasteiger partial charge in [-0.3, -0.25) is 0 Å². The van der Waals surface area contributed by atoms with Crippen LogP contribution < -0.4 is 5.32 Å². The fourth-order valence-corrected chi connectivity index (χ4v) is 3.12. The number of halogens is 2. The highest BCUT2D eigenvalue weighted by atomic mass is 79.9. The molecule has 0 aliphatic rings. The van der Waals surface area contributed by atoms with Gasteiger partial charge in [-0.25, -0.2) is 4.98 Å². The first-order valence-electron chi connectivity index (χ1n) is 5.57. The molecule has 0 amide bonds. The molecule has 19 heavy (non-hydrogen) atoms. The highest BCUT2D eigenvalue weighted by molar-refractivity contribution is 9.10. The summed E-state index contributed by atoms with van der Waals surface area (Å²) in [5, 5.41) is 6.51. The molecule has 0 aliphatic carbocycles. The van der Waals surface area contributed by atoms with E-state index in [1.807, 2.05) is 30.5 Å². The maximum atomic E-state index is 5.95. The summed E-state index contributed by atoms with van der Waals surface area (Å²) in [4.78, 5) is 9.35. The number of hydrogen-bond donors (Lipinski definition) is 1. The monoisotopic (exact) mass is 353 g/mol. The molecule has 0 saturated heterocycles. The number of rotatable bonds is 2. The van der Waals surface area contributed by atoms with Gasteiger partial charge in [0, 0.05) is 4.47 Å². The Hall–Kier alpha value is -1.17. The maximum Gasteiger partial charge on any atom is 0.225 e. The van der Waals surface area contributed by atoms with Gasteiger partial charge in [0.05, 0.1) is 11.1 Å². The van der Waals surface area contributed by atoms with E-state index in [2.05, 4.69) is 37.3 Å². The second kappa shape index (κ2) is 5.07. The highest BCUT2D eigenvalue weighted by Crippen LogP contribution is 2.31. The lowest BCUT2D eigenvalue weighted by Crippen LogP contribution is -1.97. The number of hydrogen-bond acceptors (Lipinski definition) is 4. The molecule has 0 spiro atoms. The van der Waals surface area contributed by atoms with Crippen LogP contribution in [0.1, 0.15) is 5.56 Å². The van der Waals surface area contributed by atoms with Gasteiger partial charge in [0.15, 0.2) is 0 Å². The minimum Gasteiger partial charge on any atom is -0.339 e. The summed E-state index contributed by atoms with van der Waals surface area (Å²) in [7, 11) is 0. The first kappa shape index (κ1) is 12.8. The second-order valence-corrected chi connectivity index (χ2v) is 6.18. The third kappa shape index (κ3) is 2.59. The van der Waals surface area contributed by atoms with Gasteiger partial charge in [-0.2, -0.15) is 4.98 Å². The van der Waals surface area contributed by atoms with Gasteiger partial charge in [-0.1, -0.05) is 6.07 Å². The third-order valence-corrected chi connectivity index (χ3v) is 4.34. The van der Waals surface area contributed by atoms with E-state index < -0.39 is 0 Å². The fourth-order valence-electron chi connectivity index (χ4n) is 1.79. The number of aromatic nitrogens is 2. The molecule has 1 N–H and O–H groups in total. The number of thiophene rings is 1. The summed E-state index contributed by atoms with van der Waals surface area (Å²) in [5.41, 5.74) is 2.13. The van der Waals surface area contributed by atoms with Crippen LogP contribution in [0.15, 0.2) is 34.1 Å². The minimum absolute atomic E-state index is 0.251. The molecule has 0 atom stereocenters. The molecular weight excluding hydrogens is 346 g/mol. The molecule has 0 radical (unpaired) electrons. The van der Waals surface area contributed by atoms with Crippen LogP contribution in [0, 0.1) is 6.92 Å². The van der Waals surface area contributed by atoms with E-state index in [1.165, 1.54) is 5.56 Å². The van der Waals surface area contributed by atoms with Crippen LogP contribution in [0.25, 0.3) is 10.2 Å². The maximum absolute atomic E-state index is 5.95. The molecule has 0 saturated carbocycles. The average molecular weight is 355 g/mol. The predicted molar refractivity (Wildman–Crippen MR) is 84.6 cm³/mol. The summed E-state index contributed by atoms with van der Waals surface area (Å²) < 4.78 is 0.983. The van der Waals surface area contributed by atoms with Crippen molar-refractivity contribution in [3.05, 3.63) is 45.0 Å². The highest BCUT2D eigenvalue weighted by Gasteiger charge is 2.09. The van der Waals surface area contributed by atoms with Gasteiger partial charge < -0.3 is 5.32 Å². The van der Waals surface area contributed by atoms with Crippen molar-refractivity contribution in [3.63, 3.8) is 0 Å². The SMILES string of the molecule is Cc1ccc(Br)c(Nc2nc(Cl)nc3sccc23)c1. The molecule has 6 heteroatoms. The van der Waals surface area contributed by atoms with E-state index in [1.54, 1.807) is 11.3 Å². The number of nitrogens with zero attached hydrogens (tertiary/aromatic N) is 2. The van der Waals surface area contributed by atoms with Crippen LogP contribution in [0.4, 0.5) is 11.5 Å². The Labute approximate surface area is 127 Å². The molecule has 0 fully saturated rings. The van der Waals surface area contributed by atoms with Crippen molar-refractivity contribution in [2.45, 2.75) is 6.92 Å². The zero-order valence-electron chi connectivity index (χ0n) is 9.95. The van der Waals surface area contributed by atoms with Gasteiger partial charge >= 0.3 is 0 Å².